The first-order valence-corrected chi connectivity index (χ1v) is 8.76. The zero-order chi connectivity index (χ0) is 23.2. The van der Waals surface area contributed by atoms with E-state index in [1.807, 2.05) is 0 Å². The van der Waals surface area contributed by atoms with Gasteiger partial charge < -0.3 is 29.7 Å². The Morgan fingerprint density at radius 3 is 0.767 bits per heavy atom. The van der Waals surface area contributed by atoms with Gasteiger partial charge in [0, 0.05) is 37.2 Å². The van der Waals surface area contributed by atoms with Crippen molar-refractivity contribution in [3.05, 3.63) is 24.3 Å². The number of carbonyl (C=O) groups is 6. The van der Waals surface area contributed by atoms with Crippen molar-refractivity contribution < 1.29 is 64.2 Å². The van der Waals surface area contributed by atoms with Crippen molar-refractivity contribution >= 4 is 35.3 Å². The maximum absolute atomic E-state index is 9.83. The van der Waals surface area contributed by atoms with Gasteiger partial charge in [-0.05, 0) is 46.5 Å². The van der Waals surface area contributed by atoms with Crippen LogP contribution >= 0.6 is 0 Å². The summed E-state index contributed by atoms with van der Waals surface area (Å²) in [6, 6.07) is 0. The molecule has 1 aliphatic carbocycles. The van der Waals surface area contributed by atoms with E-state index in [1.165, 1.54) is 46.5 Å². The van der Waals surface area contributed by atoms with E-state index in [1.54, 1.807) is 0 Å². The van der Waals surface area contributed by atoms with E-state index in [2.05, 4.69) is 24.3 Å². The van der Waals surface area contributed by atoms with Crippen molar-refractivity contribution in [2.24, 2.45) is 0 Å². The molecule has 9 nitrogen and oxygen atoms in total. The molecule has 0 amide bonds. The second kappa shape index (κ2) is 24.6. The number of Topliss-reactive ketones (excluding diaryl/α,β-unsaturated/α-hetero) is 3. The van der Waals surface area contributed by atoms with Crippen LogP contribution in [0, 0.1) is 0 Å². The Balaban J connectivity index is -0.000000149. The van der Waals surface area contributed by atoms with Gasteiger partial charge in [0.1, 0.15) is 17.3 Å². The maximum Gasteiger partial charge on any atom is 3.00 e. The van der Waals surface area contributed by atoms with Crippen LogP contribution in [0.5, 0.6) is 0 Å². The minimum absolute atomic E-state index is 0. The average molecular weight is 604 g/mol. The topological polar surface area (TPSA) is 172 Å². The largest absolute Gasteiger partial charge is 3.00 e. The number of hydrogen-bond donors (Lipinski definition) is 0. The molecule has 0 unspecified atom stereocenters. The third kappa shape index (κ3) is 50.0. The molecule has 0 radical (unpaired) electrons. The Kier molecular flexibility index (Phi) is 28.7. The Hall–Kier alpha value is -2.45. The summed E-state index contributed by atoms with van der Waals surface area (Å²) in [5, 5.41) is 28.4. The van der Waals surface area contributed by atoms with Gasteiger partial charge >= 0.3 is 20.1 Å². The predicted octanol–water partition coefficient (Wildman–Crippen LogP) is -1.18. The Morgan fingerprint density at radius 2 is 0.700 bits per heavy atom. The molecule has 0 bridgehead atoms. The normalized spacial score (nSPS) is 11.0. The molecule has 170 valence electrons. The molecule has 0 atom stereocenters. The third-order valence-electron chi connectivity index (χ3n) is 2.51. The number of carbonyl (C=O) groups excluding carboxylic acids is 6. The first-order chi connectivity index (χ1) is 13.4. The molecular weight excluding hydrogens is 576 g/mol. The van der Waals surface area contributed by atoms with Gasteiger partial charge in [0.05, 0.1) is 0 Å². The van der Waals surface area contributed by atoms with Crippen LogP contribution in [0.4, 0.5) is 0 Å². The fourth-order valence-electron chi connectivity index (χ4n) is 1.47. The number of aliphatic carboxylic acids is 3. The van der Waals surface area contributed by atoms with Crippen LogP contribution in [0.25, 0.3) is 0 Å². The fourth-order valence-corrected chi connectivity index (χ4v) is 1.47. The van der Waals surface area contributed by atoms with Gasteiger partial charge in [-0.25, -0.2) is 0 Å². The zero-order valence-corrected chi connectivity index (χ0v) is 19.7. The second-order valence-electron chi connectivity index (χ2n) is 5.85. The predicted molar refractivity (Wildman–Crippen MR) is 97.7 cm³/mol. The second-order valence-corrected chi connectivity index (χ2v) is 5.85. The molecule has 0 fully saturated rings. The smallest absolute Gasteiger partial charge is 0.550 e. The Bertz CT molecular complexity index is 484. The molecule has 10 heteroatoms. The van der Waals surface area contributed by atoms with Crippen molar-refractivity contribution in [3.8, 4) is 0 Å². The van der Waals surface area contributed by atoms with Crippen LogP contribution in [0.15, 0.2) is 24.3 Å². The molecule has 0 aliphatic heterocycles. The van der Waals surface area contributed by atoms with E-state index in [0.29, 0.717) is 0 Å². The Morgan fingerprint density at radius 1 is 0.533 bits per heavy atom. The van der Waals surface area contributed by atoms with Crippen molar-refractivity contribution in [2.75, 3.05) is 0 Å². The molecule has 0 saturated carbocycles. The van der Waals surface area contributed by atoms with Gasteiger partial charge in [0.2, 0.25) is 0 Å². The van der Waals surface area contributed by atoms with E-state index < -0.39 is 37.2 Å². The summed E-state index contributed by atoms with van der Waals surface area (Å²) in [5.41, 5.74) is 0. The fraction of sp³-hybridized carbons (Fsp3) is 0.500. The van der Waals surface area contributed by atoms with Gasteiger partial charge in [-0.2, -0.15) is 0 Å². The molecule has 1 aliphatic rings. The number of allylic oxidation sites excluding steroid dienone is 4. The van der Waals surface area contributed by atoms with E-state index in [4.69, 9.17) is 0 Å². The molecular formula is C20H27IrO9. The zero-order valence-electron chi connectivity index (χ0n) is 17.3. The average Bonchev–Trinajstić information content (AvgIpc) is 2.43. The van der Waals surface area contributed by atoms with Crippen LogP contribution < -0.4 is 15.3 Å². The van der Waals surface area contributed by atoms with E-state index in [9.17, 15) is 44.1 Å². The van der Waals surface area contributed by atoms with E-state index in [-0.39, 0.29) is 37.5 Å². The summed E-state index contributed by atoms with van der Waals surface area (Å²) in [6.45, 7) is 3.61. The SMILES string of the molecule is C1=CCCC=CCC1.CC(=O)CC(=O)[O-].CC(=O)CC(=O)[O-].CC(=O)CC(=O)[O-].[Ir+3]. The number of hydrogen-bond acceptors (Lipinski definition) is 9. The molecule has 0 aromatic rings. The van der Waals surface area contributed by atoms with E-state index in [0.717, 1.165) is 0 Å². The summed E-state index contributed by atoms with van der Waals surface area (Å²) in [6.07, 6.45) is 12.6. The molecule has 0 aromatic heterocycles. The number of carboxylic acid groups (broad SMARTS) is 3. The molecule has 0 saturated heterocycles. The van der Waals surface area contributed by atoms with Crippen molar-refractivity contribution in [1.82, 2.24) is 0 Å². The minimum atomic E-state index is -1.31. The summed E-state index contributed by atoms with van der Waals surface area (Å²) in [7, 11) is 0. The monoisotopic (exact) mass is 604 g/mol. The van der Waals surface area contributed by atoms with Crippen LogP contribution in [0.3, 0.4) is 0 Å². The summed E-state index contributed by atoms with van der Waals surface area (Å²) < 4.78 is 0. The van der Waals surface area contributed by atoms with Gasteiger partial charge in [0.15, 0.2) is 0 Å². The van der Waals surface area contributed by atoms with Crippen LogP contribution in [-0.4, -0.2) is 35.3 Å². The van der Waals surface area contributed by atoms with Crippen molar-refractivity contribution in [3.63, 3.8) is 0 Å². The standard InChI is InChI=1S/C8H12.3C4H6O3.Ir/c1-2-4-6-8-7-5-3-1;3*1-3(5)2-4(6)7;/h1-2,7-8H,3-6H2;3*2H2,1H3,(H,6,7);/q;;;;+3/p-3. The summed E-state index contributed by atoms with van der Waals surface area (Å²) >= 11 is 0. The van der Waals surface area contributed by atoms with Gasteiger partial charge in [0.25, 0.3) is 0 Å². The Labute approximate surface area is 189 Å². The summed E-state index contributed by atoms with van der Waals surface area (Å²) in [4.78, 5) is 57.9. The maximum atomic E-state index is 9.83. The minimum Gasteiger partial charge on any atom is -0.550 e. The molecule has 30 heavy (non-hydrogen) atoms. The molecule has 0 heterocycles. The first-order valence-electron chi connectivity index (χ1n) is 8.76. The molecule has 0 aromatic carbocycles. The van der Waals surface area contributed by atoms with Crippen LogP contribution in [-0.2, 0) is 48.9 Å². The van der Waals surface area contributed by atoms with Gasteiger partial charge in [-0.15, -0.1) is 0 Å². The summed E-state index contributed by atoms with van der Waals surface area (Å²) in [5.74, 6) is -5.06. The molecule has 1 rings (SSSR count). The first kappa shape index (κ1) is 35.0. The quantitative estimate of drug-likeness (QED) is 0.268. The van der Waals surface area contributed by atoms with Gasteiger partial charge in [-0.3, -0.25) is 14.4 Å². The molecule has 0 N–H and O–H groups in total. The van der Waals surface area contributed by atoms with Gasteiger partial charge in [-0.1, -0.05) is 24.3 Å². The van der Waals surface area contributed by atoms with Crippen LogP contribution in [0.1, 0.15) is 65.7 Å². The number of rotatable bonds is 6. The number of ketones is 3. The third-order valence-corrected chi connectivity index (χ3v) is 2.51. The number of carboxylic acids is 3. The van der Waals surface area contributed by atoms with Crippen molar-refractivity contribution in [2.45, 2.75) is 65.7 Å². The van der Waals surface area contributed by atoms with E-state index >= 15 is 0 Å². The van der Waals surface area contributed by atoms with Crippen LogP contribution in [0.2, 0.25) is 0 Å². The van der Waals surface area contributed by atoms with Crippen molar-refractivity contribution in [1.29, 1.82) is 0 Å². The molecule has 0 spiro atoms.